The molecule has 1 rings (SSSR count). The minimum atomic E-state index is -0.214. The number of hydrogen-bond acceptors (Lipinski definition) is 2. The van der Waals surface area contributed by atoms with Crippen LogP contribution in [0, 0.1) is 16.2 Å². The number of methoxy groups -OCH3 is 1. The van der Waals surface area contributed by atoms with Crippen molar-refractivity contribution in [1.82, 2.24) is 0 Å². The standard InChI is InChI=1S/C17H30O2/c1-15(2,3)17(16(4,5)6)10-8-13(9-11-17)12-14(18)19-7/h12H,8-11H2,1-7H3. The van der Waals surface area contributed by atoms with Crippen molar-refractivity contribution in [1.29, 1.82) is 0 Å². The van der Waals surface area contributed by atoms with E-state index in [4.69, 9.17) is 4.74 Å². The highest BCUT2D eigenvalue weighted by molar-refractivity contribution is 5.82. The first-order valence-corrected chi connectivity index (χ1v) is 7.31. The lowest BCUT2D eigenvalue weighted by atomic mass is 9.48. The fraction of sp³-hybridized carbons (Fsp3) is 0.824. The highest BCUT2D eigenvalue weighted by Gasteiger charge is 2.50. The Kier molecular flexibility index (Phi) is 4.54. The van der Waals surface area contributed by atoms with E-state index in [-0.39, 0.29) is 16.8 Å². The summed E-state index contributed by atoms with van der Waals surface area (Å²) in [6, 6.07) is 0. The number of allylic oxidation sites excluding steroid dienone is 1. The van der Waals surface area contributed by atoms with Crippen molar-refractivity contribution in [2.45, 2.75) is 67.2 Å². The Morgan fingerprint density at radius 2 is 1.47 bits per heavy atom. The molecular formula is C17H30O2. The largest absolute Gasteiger partial charge is 0.466 e. The predicted octanol–water partition coefficient (Wildman–Crippen LogP) is 4.74. The molecule has 0 radical (unpaired) electrons. The van der Waals surface area contributed by atoms with Crippen LogP contribution in [0.15, 0.2) is 11.6 Å². The molecule has 2 heteroatoms. The summed E-state index contributed by atoms with van der Waals surface area (Å²) in [5.41, 5.74) is 2.13. The van der Waals surface area contributed by atoms with Gasteiger partial charge < -0.3 is 4.74 Å². The quantitative estimate of drug-likeness (QED) is 0.506. The molecule has 1 saturated carbocycles. The minimum Gasteiger partial charge on any atom is -0.466 e. The van der Waals surface area contributed by atoms with E-state index in [2.05, 4.69) is 41.5 Å². The van der Waals surface area contributed by atoms with Crippen LogP contribution in [0.3, 0.4) is 0 Å². The van der Waals surface area contributed by atoms with Crippen LogP contribution < -0.4 is 0 Å². The van der Waals surface area contributed by atoms with Crippen molar-refractivity contribution < 1.29 is 9.53 Å². The number of carbonyl (C=O) groups is 1. The molecule has 110 valence electrons. The molecule has 0 aromatic carbocycles. The molecule has 0 spiro atoms. The fourth-order valence-corrected chi connectivity index (χ4v) is 3.99. The lowest BCUT2D eigenvalue weighted by Crippen LogP contribution is -2.47. The zero-order valence-electron chi connectivity index (χ0n) is 13.7. The van der Waals surface area contributed by atoms with Gasteiger partial charge >= 0.3 is 5.97 Å². The average Bonchev–Trinajstić information content (AvgIpc) is 2.26. The van der Waals surface area contributed by atoms with E-state index in [0.717, 1.165) is 25.7 Å². The number of esters is 1. The minimum absolute atomic E-state index is 0.214. The van der Waals surface area contributed by atoms with Crippen molar-refractivity contribution in [2.24, 2.45) is 16.2 Å². The fourth-order valence-electron chi connectivity index (χ4n) is 3.99. The second-order valence-electron chi connectivity index (χ2n) is 7.91. The second kappa shape index (κ2) is 5.30. The summed E-state index contributed by atoms with van der Waals surface area (Å²) >= 11 is 0. The first kappa shape index (κ1) is 16.3. The third-order valence-electron chi connectivity index (χ3n) is 5.14. The van der Waals surface area contributed by atoms with E-state index in [1.54, 1.807) is 6.08 Å². The molecule has 19 heavy (non-hydrogen) atoms. The molecule has 1 aliphatic rings. The van der Waals surface area contributed by atoms with Gasteiger partial charge in [0.1, 0.15) is 0 Å². The molecule has 0 aromatic heterocycles. The molecule has 0 heterocycles. The average molecular weight is 266 g/mol. The smallest absolute Gasteiger partial charge is 0.330 e. The molecular weight excluding hydrogens is 236 g/mol. The van der Waals surface area contributed by atoms with Gasteiger partial charge in [0, 0.05) is 6.08 Å². The van der Waals surface area contributed by atoms with Crippen molar-refractivity contribution in [3.8, 4) is 0 Å². The number of ether oxygens (including phenoxy) is 1. The van der Waals surface area contributed by atoms with E-state index in [1.807, 2.05) is 0 Å². The van der Waals surface area contributed by atoms with Crippen molar-refractivity contribution in [3.63, 3.8) is 0 Å². The van der Waals surface area contributed by atoms with Crippen molar-refractivity contribution >= 4 is 5.97 Å². The Balaban J connectivity index is 2.94. The molecule has 0 atom stereocenters. The summed E-state index contributed by atoms with van der Waals surface area (Å²) in [6.07, 6.45) is 6.04. The lowest BCUT2D eigenvalue weighted by Gasteiger charge is -2.56. The van der Waals surface area contributed by atoms with Gasteiger partial charge in [-0.25, -0.2) is 4.79 Å². The van der Waals surface area contributed by atoms with Crippen LogP contribution >= 0.6 is 0 Å². The molecule has 0 saturated heterocycles. The molecule has 0 unspecified atom stereocenters. The summed E-state index contributed by atoms with van der Waals surface area (Å²) in [7, 11) is 1.44. The maximum Gasteiger partial charge on any atom is 0.330 e. The molecule has 0 aromatic rings. The van der Waals surface area contributed by atoms with E-state index in [1.165, 1.54) is 12.7 Å². The summed E-state index contributed by atoms with van der Waals surface area (Å²) in [5.74, 6) is -0.214. The SMILES string of the molecule is COC(=O)C=C1CCC(C(C)(C)C)(C(C)(C)C)CC1. The van der Waals surface area contributed by atoms with Gasteiger partial charge in [0.05, 0.1) is 7.11 Å². The van der Waals surface area contributed by atoms with E-state index < -0.39 is 0 Å². The normalized spacial score (nSPS) is 20.1. The number of rotatable bonds is 1. The van der Waals surface area contributed by atoms with Crippen LogP contribution in [0.2, 0.25) is 0 Å². The Labute approximate surface area is 118 Å². The van der Waals surface area contributed by atoms with Gasteiger partial charge in [-0.15, -0.1) is 0 Å². The molecule has 1 aliphatic carbocycles. The summed E-state index contributed by atoms with van der Waals surface area (Å²) in [6.45, 7) is 14.1. The zero-order chi connectivity index (χ0) is 14.9. The zero-order valence-corrected chi connectivity index (χ0v) is 13.7. The molecule has 0 bridgehead atoms. The van der Waals surface area contributed by atoms with Crippen molar-refractivity contribution in [3.05, 3.63) is 11.6 Å². The van der Waals surface area contributed by atoms with Gasteiger partial charge in [0.15, 0.2) is 0 Å². The Hall–Kier alpha value is -0.790. The van der Waals surface area contributed by atoms with Crippen LogP contribution in [-0.2, 0) is 9.53 Å². The highest BCUT2D eigenvalue weighted by atomic mass is 16.5. The maximum atomic E-state index is 11.3. The van der Waals surface area contributed by atoms with Gasteiger partial charge in [-0.05, 0) is 41.9 Å². The van der Waals surface area contributed by atoms with Crippen LogP contribution in [0.1, 0.15) is 67.2 Å². The number of hydrogen-bond donors (Lipinski definition) is 0. The monoisotopic (exact) mass is 266 g/mol. The highest BCUT2D eigenvalue weighted by Crippen LogP contribution is 2.60. The van der Waals surface area contributed by atoms with E-state index in [9.17, 15) is 4.79 Å². The van der Waals surface area contributed by atoms with Crippen LogP contribution in [0.4, 0.5) is 0 Å². The second-order valence-corrected chi connectivity index (χ2v) is 7.91. The molecule has 0 N–H and O–H groups in total. The lowest BCUT2D eigenvalue weighted by molar-refractivity contribution is -0.134. The summed E-state index contributed by atoms with van der Waals surface area (Å²) < 4.78 is 4.72. The number of carbonyl (C=O) groups excluding carboxylic acids is 1. The van der Waals surface area contributed by atoms with Gasteiger partial charge in [0.25, 0.3) is 0 Å². The van der Waals surface area contributed by atoms with E-state index in [0.29, 0.717) is 5.41 Å². The summed E-state index contributed by atoms with van der Waals surface area (Å²) in [4.78, 5) is 11.3. The molecule has 0 aliphatic heterocycles. The van der Waals surface area contributed by atoms with E-state index >= 15 is 0 Å². The topological polar surface area (TPSA) is 26.3 Å². The molecule has 1 fully saturated rings. The third kappa shape index (κ3) is 3.21. The Bertz CT molecular complexity index is 338. The van der Waals surface area contributed by atoms with Crippen molar-refractivity contribution in [2.75, 3.05) is 7.11 Å². The van der Waals surface area contributed by atoms with Crippen LogP contribution in [-0.4, -0.2) is 13.1 Å². The summed E-state index contributed by atoms with van der Waals surface area (Å²) in [5, 5.41) is 0. The first-order chi connectivity index (χ1) is 8.53. The van der Waals surface area contributed by atoms with Crippen LogP contribution in [0.5, 0.6) is 0 Å². The third-order valence-corrected chi connectivity index (χ3v) is 5.14. The van der Waals surface area contributed by atoms with Gasteiger partial charge in [-0.3, -0.25) is 0 Å². The van der Waals surface area contributed by atoms with Gasteiger partial charge in [0.2, 0.25) is 0 Å². The Morgan fingerprint density at radius 1 is 1.05 bits per heavy atom. The first-order valence-electron chi connectivity index (χ1n) is 7.31. The predicted molar refractivity (Wildman–Crippen MR) is 79.9 cm³/mol. The maximum absolute atomic E-state index is 11.3. The van der Waals surface area contributed by atoms with Gasteiger partial charge in [-0.1, -0.05) is 47.1 Å². The van der Waals surface area contributed by atoms with Crippen LogP contribution in [0.25, 0.3) is 0 Å². The molecule has 2 nitrogen and oxygen atoms in total. The van der Waals surface area contributed by atoms with Gasteiger partial charge in [-0.2, -0.15) is 0 Å². The Morgan fingerprint density at radius 3 is 1.79 bits per heavy atom. The molecule has 0 amide bonds.